The highest BCUT2D eigenvalue weighted by Gasteiger charge is 2.40. The van der Waals surface area contributed by atoms with Crippen LogP contribution in [0.5, 0.6) is 0 Å². The second kappa shape index (κ2) is 6.40. The van der Waals surface area contributed by atoms with Crippen molar-refractivity contribution in [3.05, 3.63) is 42.1 Å². The molecule has 2 aliphatic rings. The molecular formula is C19H24N4O. The van der Waals surface area contributed by atoms with E-state index >= 15 is 0 Å². The van der Waals surface area contributed by atoms with E-state index in [4.69, 9.17) is 5.73 Å². The van der Waals surface area contributed by atoms with Crippen LogP contribution in [0.25, 0.3) is 11.3 Å². The van der Waals surface area contributed by atoms with Crippen molar-refractivity contribution in [2.24, 2.45) is 17.6 Å². The first-order valence-corrected chi connectivity index (χ1v) is 8.88. The van der Waals surface area contributed by atoms with Crippen molar-refractivity contribution >= 4 is 5.91 Å². The van der Waals surface area contributed by atoms with E-state index in [0.29, 0.717) is 23.6 Å². The third-order valence-electron chi connectivity index (χ3n) is 5.57. The summed E-state index contributed by atoms with van der Waals surface area (Å²) in [7, 11) is 0. The summed E-state index contributed by atoms with van der Waals surface area (Å²) >= 11 is 0. The van der Waals surface area contributed by atoms with Crippen LogP contribution in [0.4, 0.5) is 0 Å². The Labute approximate surface area is 142 Å². The number of nitrogens with one attached hydrogen (secondary N) is 2. The molecule has 2 aromatic rings. The molecule has 2 unspecified atom stereocenters. The van der Waals surface area contributed by atoms with Crippen molar-refractivity contribution < 1.29 is 4.79 Å². The van der Waals surface area contributed by atoms with E-state index < -0.39 is 0 Å². The minimum Gasteiger partial charge on any atom is -0.347 e. The van der Waals surface area contributed by atoms with E-state index in [1.54, 1.807) is 0 Å². The molecule has 2 saturated carbocycles. The van der Waals surface area contributed by atoms with E-state index in [1.807, 2.05) is 36.4 Å². The van der Waals surface area contributed by atoms with E-state index in [9.17, 15) is 4.79 Å². The number of aromatic amines is 1. The number of hydrogen-bond donors (Lipinski definition) is 3. The van der Waals surface area contributed by atoms with Gasteiger partial charge in [-0.2, -0.15) is 5.10 Å². The van der Waals surface area contributed by atoms with E-state index in [-0.39, 0.29) is 11.9 Å². The number of hydrogen-bond acceptors (Lipinski definition) is 3. The molecule has 4 N–H and O–H groups in total. The molecule has 2 fully saturated rings. The Balaban J connectivity index is 1.48. The van der Waals surface area contributed by atoms with Crippen LogP contribution in [0.1, 0.15) is 42.6 Å². The SMILES string of the molecule is NC1CC2CCCC(C1)C2NC(=O)c1cc(-c2ccccc2)n[nH]1. The minimum absolute atomic E-state index is 0.0537. The van der Waals surface area contributed by atoms with Gasteiger partial charge in [-0.1, -0.05) is 36.8 Å². The monoisotopic (exact) mass is 324 g/mol. The predicted molar refractivity (Wildman–Crippen MR) is 93.3 cm³/mol. The highest BCUT2D eigenvalue weighted by atomic mass is 16.2. The average Bonchev–Trinajstić information content (AvgIpc) is 3.07. The largest absolute Gasteiger partial charge is 0.347 e. The standard InChI is InChI=1S/C19H24N4O/c20-15-9-13-7-4-8-14(10-15)18(13)21-19(24)17-11-16(22-23-17)12-5-2-1-3-6-12/h1-3,5-6,11,13-15,18H,4,7-10,20H2,(H,21,24)(H,22,23). The van der Waals surface area contributed by atoms with Gasteiger partial charge < -0.3 is 11.1 Å². The normalized spacial score (nSPS) is 29.2. The van der Waals surface area contributed by atoms with Gasteiger partial charge in [0.1, 0.15) is 5.69 Å². The molecule has 1 aromatic heterocycles. The quantitative estimate of drug-likeness (QED) is 0.811. The Hall–Kier alpha value is -2.14. The predicted octanol–water partition coefficient (Wildman–Crippen LogP) is 2.71. The molecule has 126 valence electrons. The first-order valence-electron chi connectivity index (χ1n) is 8.88. The van der Waals surface area contributed by atoms with Gasteiger partial charge in [0.15, 0.2) is 0 Å². The summed E-state index contributed by atoms with van der Waals surface area (Å²) in [6.45, 7) is 0. The highest BCUT2D eigenvalue weighted by molar-refractivity contribution is 5.93. The molecule has 1 heterocycles. The van der Waals surface area contributed by atoms with Crippen LogP contribution in [0.3, 0.4) is 0 Å². The second-order valence-corrected chi connectivity index (χ2v) is 7.21. The van der Waals surface area contributed by atoms with Crippen molar-refractivity contribution in [3.8, 4) is 11.3 Å². The average molecular weight is 324 g/mol. The number of amides is 1. The van der Waals surface area contributed by atoms with Crippen LogP contribution >= 0.6 is 0 Å². The number of fused-ring (bicyclic) bond motifs is 2. The van der Waals surface area contributed by atoms with Gasteiger partial charge in [0.2, 0.25) is 0 Å². The molecule has 0 saturated heterocycles. The lowest BCUT2D eigenvalue weighted by atomic mass is 9.67. The number of carbonyl (C=O) groups is 1. The van der Waals surface area contributed by atoms with Gasteiger partial charge in [-0.25, -0.2) is 0 Å². The van der Waals surface area contributed by atoms with E-state index in [1.165, 1.54) is 19.3 Å². The molecule has 0 spiro atoms. The summed E-state index contributed by atoms with van der Waals surface area (Å²) in [5.41, 5.74) is 8.50. The molecule has 1 amide bonds. The summed E-state index contributed by atoms with van der Waals surface area (Å²) in [6.07, 6.45) is 5.66. The zero-order valence-corrected chi connectivity index (χ0v) is 13.7. The summed E-state index contributed by atoms with van der Waals surface area (Å²) < 4.78 is 0. The van der Waals surface area contributed by atoms with Gasteiger partial charge in [-0.3, -0.25) is 9.89 Å². The number of carbonyl (C=O) groups excluding carboxylic acids is 1. The second-order valence-electron chi connectivity index (χ2n) is 7.21. The zero-order chi connectivity index (χ0) is 16.5. The smallest absolute Gasteiger partial charge is 0.269 e. The molecule has 2 bridgehead atoms. The first kappa shape index (κ1) is 15.4. The summed E-state index contributed by atoms with van der Waals surface area (Å²) in [5, 5.41) is 10.4. The Bertz CT molecular complexity index is 697. The van der Waals surface area contributed by atoms with Crippen LogP contribution in [-0.4, -0.2) is 28.2 Å². The summed E-state index contributed by atoms with van der Waals surface area (Å²) in [6, 6.07) is 12.3. The molecule has 5 heteroatoms. The van der Waals surface area contributed by atoms with Crippen molar-refractivity contribution in [2.75, 3.05) is 0 Å². The van der Waals surface area contributed by atoms with Crippen LogP contribution in [0.15, 0.2) is 36.4 Å². The van der Waals surface area contributed by atoms with Gasteiger partial charge >= 0.3 is 0 Å². The van der Waals surface area contributed by atoms with E-state index in [2.05, 4.69) is 15.5 Å². The van der Waals surface area contributed by atoms with Gasteiger partial charge in [0, 0.05) is 17.6 Å². The minimum atomic E-state index is -0.0537. The molecule has 1 aromatic carbocycles. The van der Waals surface area contributed by atoms with Crippen molar-refractivity contribution in [3.63, 3.8) is 0 Å². The molecule has 2 aliphatic carbocycles. The van der Waals surface area contributed by atoms with Gasteiger partial charge in [0.05, 0.1) is 5.69 Å². The maximum absolute atomic E-state index is 12.7. The molecule has 24 heavy (non-hydrogen) atoms. The topological polar surface area (TPSA) is 83.8 Å². The number of aromatic nitrogens is 2. The van der Waals surface area contributed by atoms with Gasteiger partial charge in [-0.05, 0) is 43.6 Å². The fraction of sp³-hybridized carbons (Fsp3) is 0.474. The number of H-pyrrole nitrogens is 1. The molecule has 0 radical (unpaired) electrons. The Kier molecular flexibility index (Phi) is 4.10. The maximum Gasteiger partial charge on any atom is 0.269 e. The Morgan fingerprint density at radius 1 is 1.17 bits per heavy atom. The van der Waals surface area contributed by atoms with Gasteiger partial charge in [-0.15, -0.1) is 0 Å². The number of nitrogens with two attached hydrogens (primary N) is 1. The summed E-state index contributed by atoms with van der Waals surface area (Å²) in [4.78, 5) is 12.7. The molecule has 2 atom stereocenters. The highest BCUT2D eigenvalue weighted by Crippen LogP contribution is 2.39. The fourth-order valence-corrected chi connectivity index (χ4v) is 4.45. The fourth-order valence-electron chi connectivity index (χ4n) is 4.45. The van der Waals surface area contributed by atoms with Gasteiger partial charge in [0.25, 0.3) is 5.91 Å². The maximum atomic E-state index is 12.7. The lowest BCUT2D eigenvalue weighted by Crippen LogP contribution is -2.53. The summed E-state index contributed by atoms with van der Waals surface area (Å²) in [5.74, 6) is 0.989. The van der Waals surface area contributed by atoms with Crippen molar-refractivity contribution in [1.29, 1.82) is 0 Å². The molecular weight excluding hydrogens is 300 g/mol. The van der Waals surface area contributed by atoms with Crippen LogP contribution in [0.2, 0.25) is 0 Å². The third-order valence-corrected chi connectivity index (χ3v) is 5.57. The lowest BCUT2D eigenvalue weighted by Gasteiger charge is -2.45. The lowest BCUT2D eigenvalue weighted by molar-refractivity contribution is 0.0751. The number of benzene rings is 1. The first-order chi connectivity index (χ1) is 11.7. The van der Waals surface area contributed by atoms with Crippen LogP contribution < -0.4 is 11.1 Å². The molecule has 4 rings (SSSR count). The number of rotatable bonds is 3. The zero-order valence-electron chi connectivity index (χ0n) is 13.7. The van der Waals surface area contributed by atoms with Crippen LogP contribution in [0, 0.1) is 11.8 Å². The Morgan fingerprint density at radius 2 is 1.88 bits per heavy atom. The number of nitrogens with zero attached hydrogens (tertiary/aromatic N) is 1. The Morgan fingerprint density at radius 3 is 2.58 bits per heavy atom. The van der Waals surface area contributed by atoms with E-state index in [0.717, 1.165) is 24.1 Å². The van der Waals surface area contributed by atoms with Crippen molar-refractivity contribution in [1.82, 2.24) is 15.5 Å². The molecule has 5 nitrogen and oxygen atoms in total. The van der Waals surface area contributed by atoms with Crippen LogP contribution in [-0.2, 0) is 0 Å². The van der Waals surface area contributed by atoms with Crippen molar-refractivity contribution in [2.45, 2.75) is 44.2 Å². The third kappa shape index (κ3) is 2.96. The molecule has 0 aliphatic heterocycles.